The van der Waals surface area contributed by atoms with Crippen LogP contribution in [-0.2, 0) is 0 Å². The Balaban J connectivity index is 2.58. The van der Waals surface area contributed by atoms with Gasteiger partial charge in [0, 0.05) is 6.04 Å². The third-order valence-corrected chi connectivity index (χ3v) is 3.41. The lowest BCUT2D eigenvalue weighted by molar-refractivity contribution is 0.0697. The van der Waals surface area contributed by atoms with Crippen molar-refractivity contribution in [3.63, 3.8) is 0 Å². The zero-order valence-electron chi connectivity index (χ0n) is 12.3. The molecule has 0 aliphatic rings. The highest BCUT2D eigenvalue weighted by atomic mass is 35.5. The van der Waals surface area contributed by atoms with Crippen molar-refractivity contribution >= 4 is 29.3 Å². The van der Waals surface area contributed by atoms with E-state index in [9.17, 15) is 9.59 Å². The maximum Gasteiger partial charge on any atom is 0.335 e. The van der Waals surface area contributed by atoms with Crippen LogP contribution in [0.25, 0.3) is 0 Å². The molecule has 1 rings (SSSR count). The Morgan fingerprint density at radius 2 is 2.05 bits per heavy atom. The molecule has 0 saturated heterocycles. The first-order valence-corrected chi connectivity index (χ1v) is 7.42. The zero-order valence-corrected chi connectivity index (χ0v) is 13.0. The minimum absolute atomic E-state index is 0.0537. The topological polar surface area (TPSA) is 78.4 Å². The van der Waals surface area contributed by atoms with Crippen molar-refractivity contribution in [1.82, 2.24) is 5.32 Å². The smallest absolute Gasteiger partial charge is 0.335 e. The number of rotatable bonds is 7. The molecule has 1 aromatic rings. The number of benzene rings is 1. The highest BCUT2D eigenvalue weighted by Gasteiger charge is 2.11. The second-order valence-electron chi connectivity index (χ2n) is 5.00. The molecule has 21 heavy (non-hydrogen) atoms. The molecular formula is C15H21ClN2O3. The first-order valence-electron chi connectivity index (χ1n) is 7.04. The summed E-state index contributed by atoms with van der Waals surface area (Å²) in [6, 6.07) is 3.85. The summed E-state index contributed by atoms with van der Waals surface area (Å²) in [4.78, 5) is 22.8. The number of halogens is 1. The number of carbonyl (C=O) groups is 2. The SMILES string of the molecule is CCCCCC(C)NC(=O)Nc1cc(C(=O)O)ccc1Cl. The molecule has 1 atom stereocenters. The number of hydrogen-bond acceptors (Lipinski definition) is 2. The average molecular weight is 313 g/mol. The van der Waals surface area contributed by atoms with Crippen molar-refractivity contribution in [2.75, 3.05) is 5.32 Å². The molecule has 6 heteroatoms. The molecule has 0 saturated carbocycles. The fourth-order valence-corrected chi connectivity index (χ4v) is 2.07. The van der Waals surface area contributed by atoms with Crippen LogP contribution in [0.5, 0.6) is 0 Å². The number of amides is 2. The van der Waals surface area contributed by atoms with E-state index in [0.717, 1.165) is 25.7 Å². The van der Waals surface area contributed by atoms with Crippen LogP contribution in [0.3, 0.4) is 0 Å². The van der Waals surface area contributed by atoms with E-state index in [1.165, 1.54) is 18.2 Å². The Bertz CT molecular complexity index is 506. The molecule has 0 aliphatic carbocycles. The predicted molar refractivity (Wildman–Crippen MR) is 84.2 cm³/mol. The van der Waals surface area contributed by atoms with Gasteiger partial charge in [-0.05, 0) is 31.5 Å². The van der Waals surface area contributed by atoms with Crippen molar-refractivity contribution in [3.8, 4) is 0 Å². The van der Waals surface area contributed by atoms with Crippen LogP contribution in [0.15, 0.2) is 18.2 Å². The molecule has 0 fully saturated rings. The van der Waals surface area contributed by atoms with E-state index in [1.54, 1.807) is 0 Å². The van der Waals surface area contributed by atoms with Gasteiger partial charge in [0.05, 0.1) is 16.3 Å². The maximum atomic E-state index is 11.9. The number of anilines is 1. The van der Waals surface area contributed by atoms with E-state index in [2.05, 4.69) is 17.6 Å². The summed E-state index contributed by atoms with van der Waals surface area (Å²) in [5.74, 6) is -1.07. The van der Waals surface area contributed by atoms with E-state index < -0.39 is 5.97 Å². The molecule has 3 N–H and O–H groups in total. The quantitative estimate of drug-likeness (QED) is 0.662. The molecular weight excluding hydrogens is 292 g/mol. The summed E-state index contributed by atoms with van der Waals surface area (Å²) in [5, 5.41) is 14.6. The standard InChI is InChI=1S/C15H21ClN2O3/c1-3-4-5-6-10(2)17-15(21)18-13-9-11(14(19)20)7-8-12(13)16/h7-10H,3-6H2,1-2H3,(H,19,20)(H2,17,18,21). The largest absolute Gasteiger partial charge is 0.478 e. The van der Waals surface area contributed by atoms with Crippen LogP contribution in [-0.4, -0.2) is 23.1 Å². The molecule has 2 amide bonds. The normalized spacial score (nSPS) is 11.8. The van der Waals surface area contributed by atoms with Crippen LogP contribution in [0.1, 0.15) is 49.9 Å². The minimum Gasteiger partial charge on any atom is -0.478 e. The number of nitrogens with one attached hydrogen (secondary N) is 2. The summed E-state index contributed by atoms with van der Waals surface area (Å²) >= 11 is 5.95. The lowest BCUT2D eigenvalue weighted by Gasteiger charge is -2.15. The molecule has 0 heterocycles. The van der Waals surface area contributed by atoms with Gasteiger partial charge in [-0.25, -0.2) is 9.59 Å². The minimum atomic E-state index is -1.07. The van der Waals surface area contributed by atoms with Crippen molar-refractivity contribution in [2.24, 2.45) is 0 Å². The van der Waals surface area contributed by atoms with Gasteiger partial charge >= 0.3 is 12.0 Å². The monoisotopic (exact) mass is 312 g/mol. The van der Waals surface area contributed by atoms with E-state index in [1.807, 2.05) is 6.92 Å². The van der Waals surface area contributed by atoms with Crippen LogP contribution in [0, 0.1) is 0 Å². The van der Waals surface area contributed by atoms with Crippen molar-refractivity contribution in [2.45, 2.75) is 45.6 Å². The van der Waals surface area contributed by atoms with Crippen molar-refractivity contribution in [3.05, 3.63) is 28.8 Å². The molecule has 0 aromatic heterocycles. The summed E-state index contributed by atoms with van der Waals surface area (Å²) < 4.78 is 0. The molecule has 0 radical (unpaired) electrons. The molecule has 1 unspecified atom stereocenters. The van der Waals surface area contributed by atoms with Crippen LogP contribution < -0.4 is 10.6 Å². The first-order chi connectivity index (χ1) is 9.93. The fourth-order valence-electron chi connectivity index (χ4n) is 1.91. The molecule has 0 aliphatic heterocycles. The molecule has 0 spiro atoms. The van der Waals surface area contributed by atoms with Gasteiger partial charge in [-0.15, -0.1) is 0 Å². The number of carbonyl (C=O) groups excluding carboxylic acids is 1. The second kappa shape index (κ2) is 8.52. The first kappa shape index (κ1) is 17.3. The maximum absolute atomic E-state index is 11.9. The lowest BCUT2D eigenvalue weighted by atomic mass is 10.1. The van der Waals surface area contributed by atoms with Gasteiger partial charge in [-0.2, -0.15) is 0 Å². The summed E-state index contributed by atoms with van der Waals surface area (Å²) in [5.41, 5.74) is 0.362. The number of urea groups is 1. The van der Waals surface area contributed by atoms with Crippen LogP contribution in [0.4, 0.5) is 10.5 Å². The molecule has 1 aromatic carbocycles. The number of carboxylic acids is 1. The number of carboxylic acid groups (broad SMARTS) is 1. The van der Waals surface area contributed by atoms with Gasteiger partial charge < -0.3 is 15.7 Å². The number of unbranched alkanes of at least 4 members (excludes halogenated alkanes) is 2. The zero-order chi connectivity index (χ0) is 15.8. The highest BCUT2D eigenvalue weighted by molar-refractivity contribution is 6.33. The molecule has 0 bridgehead atoms. The second-order valence-corrected chi connectivity index (χ2v) is 5.40. The molecule has 116 valence electrons. The third-order valence-electron chi connectivity index (χ3n) is 3.08. The summed E-state index contributed by atoms with van der Waals surface area (Å²) in [6.45, 7) is 4.06. The Hall–Kier alpha value is -1.75. The van der Waals surface area contributed by atoms with Crippen molar-refractivity contribution in [1.29, 1.82) is 0 Å². The van der Waals surface area contributed by atoms with E-state index >= 15 is 0 Å². The van der Waals surface area contributed by atoms with Crippen LogP contribution in [0.2, 0.25) is 5.02 Å². The van der Waals surface area contributed by atoms with E-state index in [0.29, 0.717) is 5.02 Å². The summed E-state index contributed by atoms with van der Waals surface area (Å²) in [6.07, 6.45) is 4.24. The van der Waals surface area contributed by atoms with E-state index in [-0.39, 0.29) is 23.3 Å². The Morgan fingerprint density at radius 1 is 1.33 bits per heavy atom. The van der Waals surface area contributed by atoms with Gasteiger partial charge in [-0.3, -0.25) is 0 Å². The van der Waals surface area contributed by atoms with Gasteiger partial charge in [0.1, 0.15) is 0 Å². The molecule has 5 nitrogen and oxygen atoms in total. The predicted octanol–water partition coefficient (Wildman–Crippen LogP) is 4.13. The Kier molecular flexibility index (Phi) is 7.02. The third kappa shape index (κ3) is 6.04. The van der Waals surface area contributed by atoms with Gasteiger partial charge in [0.25, 0.3) is 0 Å². The summed E-state index contributed by atoms with van der Waals surface area (Å²) in [7, 11) is 0. The Labute approximate surface area is 129 Å². The van der Waals surface area contributed by atoms with Gasteiger partial charge in [-0.1, -0.05) is 37.8 Å². The Morgan fingerprint density at radius 3 is 2.67 bits per heavy atom. The van der Waals surface area contributed by atoms with Crippen molar-refractivity contribution < 1.29 is 14.7 Å². The van der Waals surface area contributed by atoms with Crippen LogP contribution >= 0.6 is 11.6 Å². The van der Waals surface area contributed by atoms with Gasteiger partial charge in [0.2, 0.25) is 0 Å². The highest BCUT2D eigenvalue weighted by Crippen LogP contribution is 2.23. The number of aromatic carboxylic acids is 1. The average Bonchev–Trinajstić information content (AvgIpc) is 2.41. The van der Waals surface area contributed by atoms with E-state index in [4.69, 9.17) is 16.7 Å². The number of hydrogen-bond donors (Lipinski definition) is 3. The van der Waals surface area contributed by atoms with Gasteiger partial charge in [0.15, 0.2) is 0 Å². The lowest BCUT2D eigenvalue weighted by Crippen LogP contribution is -2.36. The fraction of sp³-hybridized carbons (Fsp3) is 0.467.